The average molecular weight is 286 g/mol. The maximum Gasteiger partial charge on any atom is 0.307 e. The highest BCUT2D eigenvalue weighted by molar-refractivity contribution is 8.00. The molecular formula is C14H16F2O2S. The van der Waals surface area contributed by atoms with Crippen LogP contribution in [0.15, 0.2) is 23.1 Å². The first kappa shape index (κ1) is 14.3. The summed E-state index contributed by atoms with van der Waals surface area (Å²) in [6.07, 6.45) is 2.20. The number of benzene rings is 1. The van der Waals surface area contributed by atoms with Gasteiger partial charge < -0.3 is 5.11 Å². The molecule has 1 fully saturated rings. The predicted molar refractivity (Wildman–Crippen MR) is 70.1 cm³/mol. The van der Waals surface area contributed by atoms with Gasteiger partial charge in [0.1, 0.15) is 11.6 Å². The minimum absolute atomic E-state index is 0.197. The minimum atomic E-state index is -0.846. The lowest BCUT2D eigenvalue weighted by molar-refractivity contribution is -0.142. The fourth-order valence-electron chi connectivity index (χ4n) is 2.47. The van der Waals surface area contributed by atoms with Crippen LogP contribution in [-0.2, 0) is 4.79 Å². The number of hydrogen-bond acceptors (Lipinski definition) is 2. The van der Waals surface area contributed by atoms with Gasteiger partial charge >= 0.3 is 5.97 Å². The van der Waals surface area contributed by atoms with Crippen molar-refractivity contribution < 1.29 is 18.7 Å². The molecule has 0 spiro atoms. The number of carboxylic acid groups (broad SMARTS) is 1. The molecule has 104 valence electrons. The molecule has 0 radical (unpaired) electrons. The Balaban J connectivity index is 2.18. The van der Waals surface area contributed by atoms with Gasteiger partial charge in [-0.15, -0.1) is 11.8 Å². The number of thioether (sulfide) groups is 1. The summed E-state index contributed by atoms with van der Waals surface area (Å²) in [6, 6.07) is 3.29. The minimum Gasteiger partial charge on any atom is -0.481 e. The van der Waals surface area contributed by atoms with E-state index in [9.17, 15) is 18.7 Å². The van der Waals surface area contributed by atoms with Crippen molar-refractivity contribution in [3.8, 4) is 0 Å². The second-order valence-electron chi connectivity index (χ2n) is 5.09. The molecule has 1 N–H and O–H groups in total. The van der Waals surface area contributed by atoms with Crippen LogP contribution < -0.4 is 0 Å². The van der Waals surface area contributed by atoms with Crippen molar-refractivity contribution in [2.75, 3.05) is 0 Å². The Hall–Kier alpha value is -1.10. The van der Waals surface area contributed by atoms with Crippen molar-refractivity contribution in [2.24, 2.45) is 11.8 Å². The Bertz CT molecular complexity index is 479. The zero-order valence-electron chi connectivity index (χ0n) is 10.6. The van der Waals surface area contributed by atoms with Gasteiger partial charge in [0.2, 0.25) is 0 Å². The zero-order valence-corrected chi connectivity index (χ0v) is 11.4. The van der Waals surface area contributed by atoms with E-state index in [1.807, 2.05) is 0 Å². The highest BCUT2D eigenvalue weighted by Crippen LogP contribution is 2.40. The molecule has 0 aliphatic heterocycles. The first-order valence-electron chi connectivity index (χ1n) is 6.32. The standard InChI is InChI=1S/C14H16F2O2S/c1-8-2-4-10(14(17)18)12(6-8)19-13-7-9(15)3-5-11(13)16/h3,5,7-8,10,12H,2,4,6H2,1H3,(H,17,18). The monoisotopic (exact) mass is 286 g/mol. The van der Waals surface area contributed by atoms with E-state index in [0.717, 1.165) is 42.8 Å². The van der Waals surface area contributed by atoms with Gasteiger partial charge in [0.15, 0.2) is 0 Å². The normalized spacial score (nSPS) is 27.2. The van der Waals surface area contributed by atoms with E-state index in [2.05, 4.69) is 6.92 Å². The van der Waals surface area contributed by atoms with E-state index in [4.69, 9.17) is 0 Å². The molecular weight excluding hydrogens is 270 g/mol. The molecule has 1 aromatic carbocycles. The van der Waals surface area contributed by atoms with Crippen LogP contribution in [0.4, 0.5) is 8.78 Å². The lowest BCUT2D eigenvalue weighted by Gasteiger charge is -2.31. The van der Waals surface area contributed by atoms with Crippen LogP contribution in [0, 0.1) is 23.5 Å². The van der Waals surface area contributed by atoms with Crippen LogP contribution in [0.2, 0.25) is 0 Å². The number of aliphatic carboxylic acids is 1. The topological polar surface area (TPSA) is 37.3 Å². The Morgan fingerprint density at radius 2 is 2.11 bits per heavy atom. The molecule has 2 rings (SSSR count). The summed E-state index contributed by atoms with van der Waals surface area (Å²) in [7, 11) is 0. The van der Waals surface area contributed by atoms with Crippen LogP contribution >= 0.6 is 11.8 Å². The van der Waals surface area contributed by atoms with Crippen molar-refractivity contribution in [3.05, 3.63) is 29.8 Å². The van der Waals surface area contributed by atoms with E-state index in [-0.39, 0.29) is 10.1 Å². The molecule has 1 aliphatic rings. The fourth-order valence-corrected chi connectivity index (χ4v) is 4.00. The molecule has 1 aromatic rings. The third-order valence-corrected chi connectivity index (χ3v) is 4.93. The van der Waals surface area contributed by atoms with Gasteiger partial charge in [-0.1, -0.05) is 6.92 Å². The molecule has 0 heterocycles. The van der Waals surface area contributed by atoms with E-state index >= 15 is 0 Å². The molecule has 0 amide bonds. The van der Waals surface area contributed by atoms with E-state index < -0.39 is 23.5 Å². The van der Waals surface area contributed by atoms with Crippen LogP contribution in [0.1, 0.15) is 26.2 Å². The van der Waals surface area contributed by atoms with Gasteiger partial charge in [-0.2, -0.15) is 0 Å². The molecule has 1 saturated carbocycles. The Morgan fingerprint density at radius 3 is 2.79 bits per heavy atom. The van der Waals surface area contributed by atoms with Crippen LogP contribution in [0.25, 0.3) is 0 Å². The van der Waals surface area contributed by atoms with E-state index in [1.54, 1.807) is 0 Å². The lowest BCUT2D eigenvalue weighted by Crippen LogP contribution is -2.32. The van der Waals surface area contributed by atoms with Crippen molar-refractivity contribution in [1.82, 2.24) is 0 Å². The molecule has 19 heavy (non-hydrogen) atoms. The fraction of sp³-hybridized carbons (Fsp3) is 0.500. The van der Waals surface area contributed by atoms with E-state index in [0.29, 0.717) is 12.3 Å². The molecule has 0 saturated heterocycles. The van der Waals surface area contributed by atoms with Crippen LogP contribution in [0.5, 0.6) is 0 Å². The second kappa shape index (κ2) is 5.90. The Kier molecular flexibility index (Phi) is 4.45. The molecule has 3 atom stereocenters. The van der Waals surface area contributed by atoms with Crippen LogP contribution in [-0.4, -0.2) is 16.3 Å². The second-order valence-corrected chi connectivity index (χ2v) is 6.38. The summed E-state index contributed by atoms with van der Waals surface area (Å²) in [6.45, 7) is 2.06. The summed E-state index contributed by atoms with van der Waals surface area (Å²) >= 11 is 1.15. The maximum absolute atomic E-state index is 13.6. The Labute approximate surface area is 115 Å². The summed E-state index contributed by atoms with van der Waals surface area (Å²) in [5.74, 6) is -1.90. The zero-order chi connectivity index (χ0) is 14.0. The number of halogens is 2. The first-order chi connectivity index (χ1) is 8.97. The SMILES string of the molecule is CC1CCC(C(=O)O)C(Sc2cc(F)ccc2F)C1. The Morgan fingerprint density at radius 1 is 1.37 bits per heavy atom. The number of carbonyl (C=O) groups is 1. The molecule has 1 aliphatic carbocycles. The molecule has 3 unspecified atom stereocenters. The lowest BCUT2D eigenvalue weighted by atomic mass is 9.82. The predicted octanol–water partition coefficient (Wildman–Crippen LogP) is 3.95. The smallest absolute Gasteiger partial charge is 0.307 e. The number of carboxylic acids is 1. The molecule has 5 heteroatoms. The van der Waals surface area contributed by atoms with Crippen LogP contribution in [0.3, 0.4) is 0 Å². The molecule has 0 aromatic heterocycles. The van der Waals surface area contributed by atoms with Gasteiger partial charge in [0.25, 0.3) is 0 Å². The van der Waals surface area contributed by atoms with Gasteiger partial charge in [-0.05, 0) is 43.4 Å². The van der Waals surface area contributed by atoms with E-state index in [1.165, 1.54) is 0 Å². The third kappa shape index (κ3) is 3.47. The average Bonchev–Trinajstić information content (AvgIpc) is 2.33. The molecule has 2 nitrogen and oxygen atoms in total. The van der Waals surface area contributed by atoms with Crippen molar-refractivity contribution >= 4 is 17.7 Å². The first-order valence-corrected chi connectivity index (χ1v) is 7.20. The van der Waals surface area contributed by atoms with Gasteiger partial charge in [0.05, 0.1) is 5.92 Å². The van der Waals surface area contributed by atoms with Crippen molar-refractivity contribution in [2.45, 2.75) is 36.3 Å². The van der Waals surface area contributed by atoms with Crippen molar-refractivity contribution in [3.63, 3.8) is 0 Å². The highest BCUT2D eigenvalue weighted by atomic mass is 32.2. The highest BCUT2D eigenvalue weighted by Gasteiger charge is 2.34. The van der Waals surface area contributed by atoms with Gasteiger partial charge in [0, 0.05) is 10.1 Å². The quantitative estimate of drug-likeness (QED) is 0.914. The summed E-state index contributed by atoms with van der Waals surface area (Å²) < 4.78 is 26.8. The largest absolute Gasteiger partial charge is 0.481 e. The molecule has 0 bridgehead atoms. The summed E-state index contributed by atoms with van der Waals surface area (Å²) in [4.78, 5) is 11.4. The van der Waals surface area contributed by atoms with Gasteiger partial charge in [-0.3, -0.25) is 4.79 Å². The van der Waals surface area contributed by atoms with Gasteiger partial charge in [-0.25, -0.2) is 8.78 Å². The summed E-state index contributed by atoms with van der Waals surface area (Å²) in [5.41, 5.74) is 0. The number of hydrogen-bond donors (Lipinski definition) is 1. The van der Waals surface area contributed by atoms with Crippen molar-refractivity contribution in [1.29, 1.82) is 0 Å². The summed E-state index contributed by atoms with van der Waals surface area (Å²) in [5, 5.41) is 9.02. The third-order valence-electron chi connectivity index (χ3n) is 3.54. The number of rotatable bonds is 3. The maximum atomic E-state index is 13.6.